The number of hydrogen-bond donors (Lipinski definition) is 2. The number of amides is 1. The van der Waals surface area contributed by atoms with E-state index in [1.807, 2.05) is 31.2 Å². The van der Waals surface area contributed by atoms with Gasteiger partial charge in [0.2, 0.25) is 0 Å². The van der Waals surface area contributed by atoms with Crippen LogP contribution in [-0.2, 0) is 9.59 Å². The largest absolute Gasteiger partial charge is 0.507 e. The van der Waals surface area contributed by atoms with E-state index < -0.39 is 17.7 Å². The fraction of sp³-hybridized carbons (Fsp3) is 0.143. The van der Waals surface area contributed by atoms with Gasteiger partial charge in [-0.25, -0.2) is 0 Å². The molecule has 0 saturated carbocycles. The van der Waals surface area contributed by atoms with Crippen molar-refractivity contribution in [3.8, 4) is 11.5 Å². The van der Waals surface area contributed by atoms with Gasteiger partial charge in [0.25, 0.3) is 11.7 Å². The molecule has 5 rings (SSSR count). The van der Waals surface area contributed by atoms with Gasteiger partial charge in [0.1, 0.15) is 17.3 Å². The number of ether oxygens (including phenoxy) is 2. The van der Waals surface area contributed by atoms with Crippen LogP contribution in [0, 0.1) is 6.92 Å². The molecule has 0 radical (unpaired) electrons. The van der Waals surface area contributed by atoms with E-state index >= 15 is 0 Å². The third-order valence-electron chi connectivity index (χ3n) is 6.43. The SMILES string of the molecule is COc1ccc(OC)c(/C(O)=C2\C(=O)C(=O)N(c3ccc(Cl)cc3)C2c2c(C)[nH]c3ccccc23)c1. The van der Waals surface area contributed by atoms with Gasteiger partial charge in [0, 0.05) is 32.9 Å². The monoisotopic (exact) mass is 502 g/mol. The first kappa shape index (κ1) is 23.5. The van der Waals surface area contributed by atoms with Crippen LogP contribution in [0.1, 0.15) is 22.9 Å². The average molecular weight is 503 g/mol. The topological polar surface area (TPSA) is 91.9 Å². The van der Waals surface area contributed by atoms with Gasteiger partial charge in [-0.2, -0.15) is 0 Å². The van der Waals surface area contributed by atoms with Crippen molar-refractivity contribution in [1.82, 2.24) is 4.98 Å². The van der Waals surface area contributed by atoms with Crippen LogP contribution in [0.25, 0.3) is 16.7 Å². The molecule has 1 unspecified atom stereocenters. The number of benzene rings is 3. The number of halogens is 1. The molecule has 1 aliphatic heterocycles. The average Bonchev–Trinajstić information content (AvgIpc) is 3.35. The Kier molecular flexibility index (Phi) is 5.94. The number of para-hydroxylation sites is 1. The molecule has 0 bridgehead atoms. The summed E-state index contributed by atoms with van der Waals surface area (Å²) in [6, 6.07) is 18.3. The van der Waals surface area contributed by atoms with Crippen LogP contribution in [0.4, 0.5) is 5.69 Å². The molecule has 3 aromatic carbocycles. The number of aromatic nitrogens is 1. The number of aryl methyl sites for hydroxylation is 1. The summed E-state index contributed by atoms with van der Waals surface area (Å²) in [5, 5.41) is 12.9. The summed E-state index contributed by atoms with van der Waals surface area (Å²) in [4.78, 5) is 31.8. The van der Waals surface area contributed by atoms with E-state index in [2.05, 4.69) is 4.98 Å². The number of rotatable bonds is 5. The summed E-state index contributed by atoms with van der Waals surface area (Å²) in [5.41, 5.74) is 3.01. The Hall–Kier alpha value is -4.23. The first-order valence-corrected chi connectivity index (χ1v) is 11.6. The molecule has 0 spiro atoms. The van der Waals surface area contributed by atoms with Gasteiger partial charge < -0.3 is 19.6 Å². The number of hydrogen-bond acceptors (Lipinski definition) is 5. The molecule has 1 aromatic heterocycles. The minimum absolute atomic E-state index is 0.0469. The first-order valence-electron chi connectivity index (χ1n) is 11.2. The molecule has 2 heterocycles. The standard InChI is InChI=1S/C28H23ClN2O5/c1-15-23(19-6-4-5-7-21(19)30-15)25-24(26(32)20-14-18(35-2)12-13-22(20)36-3)27(33)28(34)31(25)17-10-8-16(29)9-11-17/h4-14,25,30,32H,1-3H3/b26-24+. The highest BCUT2D eigenvalue weighted by molar-refractivity contribution is 6.52. The maximum absolute atomic E-state index is 13.6. The number of carbonyl (C=O) groups is 2. The van der Waals surface area contributed by atoms with E-state index in [1.165, 1.54) is 19.1 Å². The van der Waals surface area contributed by atoms with Crippen LogP contribution in [-0.4, -0.2) is 36.0 Å². The van der Waals surface area contributed by atoms with E-state index in [1.54, 1.807) is 42.5 Å². The lowest BCUT2D eigenvalue weighted by molar-refractivity contribution is -0.132. The van der Waals surface area contributed by atoms with Crippen molar-refractivity contribution in [3.63, 3.8) is 0 Å². The van der Waals surface area contributed by atoms with Gasteiger partial charge in [-0.3, -0.25) is 14.5 Å². The lowest BCUT2D eigenvalue weighted by Gasteiger charge is -2.26. The highest BCUT2D eigenvalue weighted by Gasteiger charge is 2.48. The van der Waals surface area contributed by atoms with Crippen LogP contribution in [0.3, 0.4) is 0 Å². The Bertz CT molecular complexity index is 1540. The van der Waals surface area contributed by atoms with E-state index in [-0.39, 0.29) is 16.9 Å². The molecule has 8 heteroatoms. The number of aromatic amines is 1. The molecule has 36 heavy (non-hydrogen) atoms. The van der Waals surface area contributed by atoms with Gasteiger partial charge in [-0.05, 0) is 55.5 Å². The Morgan fingerprint density at radius 3 is 2.42 bits per heavy atom. The van der Waals surface area contributed by atoms with Crippen LogP contribution in [0.2, 0.25) is 5.02 Å². The summed E-state index contributed by atoms with van der Waals surface area (Å²) in [7, 11) is 2.96. The third-order valence-corrected chi connectivity index (χ3v) is 6.68. The molecule has 1 atom stereocenters. The molecule has 4 aromatic rings. The summed E-state index contributed by atoms with van der Waals surface area (Å²) >= 11 is 6.09. The van der Waals surface area contributed by atoms with Gasteiger partial charge >= 0.3 is 0 Å². The van der Waals surface area contributed by atoms with Gasteiger partial charge in [0.05, 0.1) is 31.4 Å². The molecule has 1 aliphatic rings. The van der Waals surface area contributed by atoms with Crippen LogP contribution in [0.15, 0.2) is 72.3 Å². The van der Waals surface area contributed by atoms with Crippen molar-refractivity contribution in [1.29, 1.82) is 0 Å². The fourth-order valence-electron chi connectivity index (χ4n) is 4.77. The number of ketones is 1. The van der Waals surface area contributed by atoms with Crippen molar-refractivity contribution in [3.05, 3.63) is 94.1 Å². The van der Waals surface area contributed by atoms with Crippen molar-refractivity contribution < 1.29 is 24.2 Å². The second kappa shape index (κ2) is 9.09. The number of nitrogens with one attached hydrogen (secondary N) is 1. The molecular formula is C28H23ClN2O5. The van der Waals surface area contributed by atoms with E-state index in [9.17, 15) is 14.7 Å². The Balaban J connectivity index is 1.83. The van der Waals surface area contributed by atoms with E-state index in [0.29, 0.717) is 27.8 Å². The summed E-state index contributed by atoms with van der Waals surface area (Å²) in [5.74, 6) is -1.11. The number of anilines is 1. The number of fused-ring (bicyclic) bond motifs is 1. The van der Waals surface area contributed by atoms with Crippen molar-refractivity contribution >= 4 is 45.6 Å². The van der Waals surface area contributed by atoms with Crippen molar-refractivity contribution in [2.45, 2.75) is 13.0 Å². The van der Waals surface area contributed by atoms with Crippen LogP contribution >= 0.6 is 11.6 Å². The Labute approximate surface area is 212 Å². The second-order valence-corrected chi connectivity index (χ2v) is 8.86. The fourth-order valence-corrected chi connectivity index (χ4v) is 4.89. The minimum atomic E-state index is -0.904. The molecule has 7 nitrogen and oxygen atoms in total. The minimum Gasteiger partial charge on any atom is -0.507 e. The zero-order chi connectivity index (χ0) is 25.6. The zero-order valence-electron chi connectivity index (χ0n) is 19.8. The number of carbonyl (C=O) groups excluding carboxylic acids is 2. The first-order chi connectivity index (χ1) is 17.3. The number of nitrogens with zero attached hydrogens (tertiary/aromatic N) is 1. The number of aliphatic hydroxyl groups is 1. The molecule has 1 fully saturated rings. The smallest absolute Gasteiger partial charge is 0.300 e. The number of H-pyrrole nitrogens is 1. The highest BCUT2D eigenvalue weighted by atomic mass is 35.5. The van der Waals surface area contributed by atoms with Gasteiger partial charge in [-0.15, -0.1) is 0 Å². The van der Waals surface area contributed by atoms with Crippen LogP contribution in [0.5, 0.6) is 11.5 Å². The summed E-state index contributed by atoms with van der Waals surface area (Å²) < 4.78 is 10.8. The maximum Gasteiger partial charge on any atom is 0.300 e. The molecule has 1 saturated heterocycles. The quantitative estimate of drug-likeness (QED) is 0.205. The summed E-state index contributed by atoms with van der Waals surface area (Å²) in [6.07, 6.45) is 0. The van der Waals surface area contributed by atoms with E-state index in [4.69, 9.17) is 21.1 Å². The van der Waals surface area contributed by atoms with Gasteiger partial charge in [-0.1, -0.05) is 29.8 Å². The predicted molar refractivity (Wildman–Crippen MR) is 139 cm³/mol. The van der Waals surface area contributed by atoms with Gasteiger partial charge in [0.15, 0.2) is 0 Å². The number of Topliss-reactive ketones (excluding diaryl/α,β-unsaturated/α-hetero) is 1. The second-order valence-electron chi connectivity index (χ2n) is 8.42. The van der Waals surface area contributed by atoms with E-state index in [0.717, 1.165) is 16.6 Å². The zero-order valence-corrected chi connectivity index (χ0v) is 20.6. The lowest BCUT2D eigenvalue weighted by atomic mass is 9.93. The highest BCUT2D eigenvalue weighted by Crippen LogP contribution is 2.46. The third kappa shape index (κ3) is 3.69. The number of aliphatic hydroxyl groups excluding tert-OH is 1. The normalized spacial score (nSPS) is 17.1. The lowest BCUT2D eigenvalue weighted by Crippen LogP contribution is -2.29. The molecule has 182 valence electrons. The molecule has 0 aliphatic carbocycles. The maximum atomic E-state index is 13.6. The Morgan fingerprint density at radius 2 is 1.72 bits per heavy atom. The molecular weight excluding hydrogens is 480 g/mol. The Morgan fingerprint density at radius 1 is 1.00 bits per heavy atom. The predicted octanol–water partition coefficient (Wildman–Crippen LogP) is 5.77. The molecule has 2 N–H and O–H groups in total. The number of methoxy groups -OCH3 is 2. The molecule has 1 amide bonds. The summed E-state index contributed by atoms with van der Waals surface area (Å²) in [6.45, 7) is 1.88. The van der Waals surface area contributed by atoms with Crippen molar-refractivity contribution in [2.24, 2.45) is 0 Å². The van der Waals surface area contributed by atoms with Crippen LogP contribution < -0.4 is 14.4 Å². The van der Waals surface area contributed by atoms with Crippen molar-refractivity contribution in [2.75, 3.05) is 19.1 Å².